The van der Waals surface area contributed by atoms with Gasteiger partial charge in [-0.25, -0.2) is 9.74 Å². The van der Waals surface area contributed by atoms with E-state index in [1.165, 1.54) is 6.07 Å². The first-order chi connectivity index (χ1) is 13.0. The number of halogens is 3. The summed E-state index contributed by atoms with van der Waals surface area (Å²) < 4.78 is 45.9. The number of fused-ring (bicyclic) bond motifs is 5. The summed E-state index contributed by atoms with van der Waals surface area (Å²) in [7, 11) is 0. The number of carbonyl (C=O) groups excluding carboxylic acids is 2. The van der Waals surface area contributed by atoms with Gasteiger partial charge in [-0.3, -0.25) is 9.59 Å². The van der Waals surface area contributed by atoms with Gasteiger partial charge in [0.2, 0.25) is 11.8 Å². The van der Waals surface area contributed by atoms with Crippen LogP contribution in [0.1, 0.15) is 25.8 Å². The summed E-state index contributed by atoms with van der Waals surface area (Å²) >= 11 is 0. The maximum absolute atomic E-state index is 13.3. The number of imide groups is 1. The van der Waals surface area contributed by atoms with Gasteiger partial charge in [-0.2, -0.15) is 13.2 Å². The lowest BCUT2D eigenvalue weighted by Crippen LogP contribution is -2.47. The van der Waals surface area contributed by atoms with Gasteiger partial charge in [-0.15, -0.1) is 0 Å². The zero-order valence-electron chi connectivity index (χ0n) is 15.1. The van der Waals surface area contributed by atoms with Crippen molar-refractivity contribution in [3.05, 3.63) is 35.2 Å². The molecular weight excluding hydrogens is 377 g/mol. The highest BCUT2D eigenvalue weighted by Gasteiger charge is 2.75. The number of aliphatic hydroxyl groups is 1. The lowest BCUT2D eigenvalue weighted by atomic mass is 9.64. The average Bonchev–Trinajstić information content (AvgIpc) is 3.14. The summed E-state index contributed by atoms with van der Waals surface area (Å²) in [6.07, 6.45) is -4.40. The molecule has 1 aromatic carbocycles. The number of amides is 2. The van der Waals surface area contributed by atoms with Gasteiger partial charge in [-0.05, 0) is 32.4 Å². The van der Waals surface area contributed by atoms with Crippen molar-refractivity contribution in [2.24, 2.45) is 17.8 Å². The fourth-order valence-corrected chi connectivity index (χ4v) is 5.18. The first-order valence-corrected chi connectivity index (χ1v) is 8.75. The molecule has 3 saturated heterocycles. The summed E-state index contributed by atoms with van der Waals surface area (Å²) in [5, 5.41) is 9.66. The molecule has 0 aromatic heterocycles. The third-order valence-electron chi connectivity index (χ3n) is 6.38. The molecule has 0 radical (unpaired) electrons. The van der Waals surface area contributed by atoms with Crippen LogP contribution in [0.15, 0.2) is 18.2 Å². The third kappa shape index (κ3) is 2.22. The van der Waals surface area contributed by atoms with Crippen molar-refractivity contribution in [3.63, 3.8) is 0 Å². The number of nitrogens with zero attached hydrogens (tertiary/aromatic N) is 2. The normalized spacial score (nSPS) is 36.8. The molecule has 4 rings (SSSR count). The van der Waals surface area contributed by atoms with Gasteiger partial charge in [-0.1, -0.05) is 6.07 Å². The predicted molar refractivity (Wildman–Crippen MR) is 90.3 cm³/mol. The molecular formula is C19H17F3N2O4. The lowest BCUT2D eigenvalue weighted by molar-refractivity contribution is -0.137. The van der Waals surface area contributed by atoms with E-state index in [4.69, 9.17) is 11.3 Å². The van der Waals surface area contributed by atoms with Crippen LogP contribution >= 0.6 is 0 Å². The van der Waals surface area contributed by atoms with Crippen LogP contribution in [0.25, 0.3) is 4.85 Å². The van der Waals surface area contributed by atoms with Gasteiger partial charge in [0.1, 0.15) is 0 Å². The molecule has 2 amide bonds. The highest BCUT2D eigenvalue weighted by Crippen LogP contribution is 2.63. The number of hydrogen-bond acceptors (Lipinski definition) is 4. The van der Waals surface area contributed by atoms with Crippen LogP contribution in [0.3, 0.4) is 0 Å². The Balaban J connectivity index is 1.80. The minimum atomic E-state index is -4.79. The van der Waals surface area contributed by atoms with E-state index >= 15 is 0 Å². The smallest absolute Gasteiger partial charge is 0.396 e. The Bertz CT molecular complexity index is 940. The maximum atomic E-state index is 13.3. The second-order valence-corrected chi connectivity index (χ2v) is 7.96. The predicted octanol–water partition coefficient (Wildman–Crippen LogP) is 2.92. The van der Waals surface area contributed by atoms with E-state index in [0.717, 1.165) is 11.0 Å². The van der Waals surface area contributed by atoms with Crippen molar-refractivity contribution in [1.29, 1.82) is 0 Å². The molecule has 3 fully saturated rings. The molecule has 2 bridgehead atoms. The standard InChI is InChI=1S/C19H17F3N2O4/c1-17-7-9(8-25)18(2,28-17)14-13(17)15(26)24(16(14)27)10-4-5-12(23-3)11(6-10)19(20,21)22/h4-6,9,13-14,25H,7-8H2,1-2H3/t9-,13+,14-,17?,18?/m0/s1. The Hall–Kier alpha value is -2.44. The van der Waals surface area contributed by atoms with Crippen LogP contribution < -0.4 is 4.90 Å². The topological polar surface area (TPSA) is 71.2 Å². The van der Waals surface area contributed by atoms with E-state index in [1.54, 1.807) is 13.8 Å². The van der Waals surface area contributed by atoms with Gasteiger partial charge >= 0.3 is 6.18 Å². The van der Waals surface area contributed by atoms with Gasteiger partial charge < -0.3 is 9.84 Å². The molecule has 0 spiro atoms. The summed E-state index contributed by atoms with van der Waals surface area (Å²) in [5.41, 5.74) is -4.02. The van der Waals surface area contributed by atoms with E-state index in [-0.39, 0.29) is 18.2 Å². The summed E-state index contributed by atoms with van der Waals surface area (Å²) in [5.74, 6) is -3.27. The highest BCUT2D eigenvalue weighted by molar-refractivity contribution is 6.23. The molecule has 0 aliphatic carbocycles. The van der Waals surface area contributed by atoms with Gasteiger partial charge in [0.25, 0.3) is 0 Å². The highest BCUT2D eigenvalue weighted by atomic mass is 19.4. The van der Waals surface area contributed by atoms with Crippen LogP contribution in [-0.4, -0.2) is 34.7 Å². The minimum Gasteiger partial charge on any atom is -0.396 e. The zero-order chi connectivity index (χ0) is 20.6. The Morgan fingerprint density at radius 1 is 1.29 bits per heavy atom. The first kappa shape index (κ1) is 18.9. The van der Waals surface area contributed by atoms with Crippen LogP contribution in [-0.2, 0) is 20.5 Å². The quantitative estimate of drug-likeness (QED) is 0.619. The molecule has 0 saturated carbocycles. The molecule has 6 nitrogen and oxygen atoms in total. The number of anilines is 1. The monoisotopic (exact) mass is 394 g/mol. The second kappa shape index (κ2) is 5.55. The summed E-state index contributed by atoms with van der Waals surface area (Å²) in [6.45, 7) is 10.1. The molecule has 28 heavy (non-hydrogen) atoms. The number of carbonyl (C=O) groups is 2. The molecule has 5 atom stereocenters. The fourth-order valence-electron chi connectivity index (χ4n) is 5.18. The largest absolute Gasteiger partial charge is 0.407 e. The van der Waals surface area contributed by atoms with Crippen molar-refractivity contribution in [3.8, 4) is 0 Å². The number of rotatable bonds is 2. The second-order valence-electron chi connectivity index (χ2n) is 7.96. The molecule has 3 aliphatic rings. The Labute approximate surface area is 158 Å². The molecule has 3 aliphatic heterocycles. The van der Waals surface area contributed by atoms with Crippen molar-refractivity contribution in [1.82, 2.24) is 0 Å². The van der Waals surface area contributed by atoms with Crippen molar-refractivity contribution < 1.29 is 32.6 Å². The van der Waals surface area contributed by atoms with Crippen LogP contribution in [0.4, 0.5) is 24.5 Å². The number of aliphatic hydroxyl groups excluding tert-OH is 1. The Morgan fingerprint density at radius 2 is 1.93 bits per heavy atom. The van der Waals surface area contributed by atoms with Crippen LogP contribution in [0.2, 0.25) is 0 Å². The SMILES string of the molecule is [C-]#[N+]c1ccc(N2C(=O)[C@@H]3[C@H](C2=O)C2(C)C[C@@H](CO)C3(C)O2)cc1C(F)(F)F. The number of ether oxygens (including phenoxy) is 1. The van der Waals surface area contributed by atoms with E-state index in [0.29, 0.717) is 12.5 Å². The molecule has 1 N–H and O–H groups in total. The molecule has 3 heterocycles. The first-order valence-electron chi connectivity index (χ1n) is 8.75. The Morgan fingerprint density at radius 3 is 2.50 bits per heavy atom. The summed E-state index contributed by atoms with van der Waals surface area (Å²) in [6, 6.07) is 2.81. The molecule has 1 aromatic rings. The lowest BCUT2D eigenvalue weighted by Gasteiger charge is -2.34. The van der Waals surface area contributed by atoms with Crippen molar-refractivity contribution in [2.75, 3.05) is 11.5 Å². The molecule has 148 valence electrons. The average molecular weight is 394 g/mol. The van der Waals surface area contributed by atoms with Crippen molar-refractivity contribution >= 4 is 23.2 Å². The van der Waals surface area contributed by atoms with Crippen molar-refractivity contribution in [2.45, 2.75) is 37.6 Å². The van der Waals surface area contributed by atoms with Gasteiger partial charge in [0, 0.05) is 18.2 Å². The number of alkyl halides is 3. The molecule has 2 unspecified atom stereocenters. The number of benzene rings is 1. The van der Waals surface area contributed by atoms with E-state index in [2.05, 4.69) is 4.85 Å². The Kier molecular flexibility index (Phi) is 3.75. The minimum absolute atomic E-state index is 0.212. The van der Waals surface area contributed by atoms with Gasteiger partial charge in [0.05, 0.1) is 35.2 Å². The van der Waals surface area contributed by atoms with E-state index in [9.17, 15) is 27.9 Å². The molecule has 9 heteroatoms. The van der Waals surface area contributed by atoms with Crippen LogP contribution in [0.5, 0.6) is 0 Å². The van der Waals surface area contributed by atoms with E-state index in [1.807, 2.05) is 0 Å². The van der Waals surface area contributed by atoms with E-state index < -0.39 is 52.3 Å². The van der Waals surface area contributed by atoms with Crippen LogP contribution in [0, 0.1) is 24.3 Å². The third-order valence-corrected chi connectivity index (χ3v) is 6.38. The zero-order valence-corrected chi connectivity index (χ0v) is 15.1. The van der Waals surface area contributed by atoms with Gasteiger partial charge in [0.15, 0.2) is 5.69 Å². The number of hydrogen-bond donors (Lipinski definition) is 1. The summed E-state index contributed by atoms with van der Waals surface area (Å²) in [4.78, 5) is 29.8. The maximum Gasteiger partial charge on any atom is 0.407 e. The fraction of sp³-hybridized carbons (Fsp3) is 0.526.